The number of benzene rings is 2. The molecule has 0 atom stereocenters. The molecule has 3 heteroatoms. The molecule has 1 heterocycles. The van der Waals surface area contributed by atoms with Gasteiger partial charge in [-0.15, -0.1) is 0 Å². The van der Waals surface area contributed by atoms with Crippen LogP contribution in [0.4, 0.5) is 0 Å². The lowest BCUT2D eigenvalue weighted by Crippen LogP contribution is -2.20. The maximum atomic E-state index is 11.8. The Labute approximate surface area is 109 Å². The summed E-state index contributed by atoms with van der Waals surface area (Å²) >= 11 is 0. The number of carbonyl (C=O) groups excluding carboxylic acids is 2. The molecule has 0 aromatic heterocycles. The fraction of sp³-hybridized carbons (Fsp3) is 0.125. The molecule has 0 saturated carbocycles. The molecule has 1 aliphatic carbocycles. The van der Waals surface area contributed by atoms with Gasteiger partial charge in [-0.05, 0) is 42.0 Å². The SMILES string of the molecule is CC1=Cc2ccc3c4c(ccc(c24)C1)C(=O)OC3=O. The normalized spacial score (nSPS) is 16.4. The van der Waals surface area contributed by atoms with E-state index in [1.54, 1.807) is 12.1 Å². The molecular formula is C16H10O3. The maximum absolute atomic E-state index is 11.8. The lowest BCUT2D eigenvalue weighted by Gasteiger charge is -2.21. The van der Waals surface area contributed by atoms with Gasteiger partial charge < -0.3 is 4.74 Å². The van der Waals surface area contributed by atoms with Crippen molar-refractivity contribution in [2.75, 3.05) is 0 Å². The van der Waals surface area contributed by atoms with E-state index in [9.17, 15) is 9.59 Å². The highest BCUT2D eigenvalue weighted by atomic mass is 16.6. The Bertz CT molecular complexity index is 792. The van der Waals surface area contributed by atoms with E-state index in [0.717, 1.165) is 28.3 Å². The first-order valence-electron chi connectivity index (χ1n) is 6.17. The molecule has 0 radical (unpaired) electrons. The van der Waals surface area contributed by atoms with Crippen molar-refractivity contribution >= 4 is 28.8 Å². The van der Waals surface area contributed by atoms with Crippen LogP contribution in [-0.4, -0.2) is 11.9 Å². The van der Waals surface area contributed by atoms with Crippen LogP contribution in [0.2, 0.25) is 0 Å². The van der Waals surface area contributed by atoms with Gasteiger partial charge in [0.1, 0.15) is 0 Å². The molecule has 3 nitrogen and oxygen atoms in total. The third kappa shape index (κ3) is 1.27. The molecule has 0 spiro atoms. The third-order valence-electron chi connectivity index (χ3n) is 3.78. The van der Waals surface area contributed by atoms with Crippen molar-refractivity contribution in [3.8, 4) is 0 Å². The molecule has 0 bridgehead atoms. The van der Waals surface area contributed by atoms with Crippen molar-refractivity contribution in [1.82, 2.24) is 0 Å². The Hall–Kier alpha value is -2.42. The zero-order chi connectivity index (χ0) is 13.1. The minimum absolute atomic E-state index is 0.489. The second-order valence-electron chi connectivity index (χ2n) is 5.07. The molecule has 0 amide bonds. The first-order chi connectivity index (χ1) is 9.15. The summed E-state index contributed by atoms with van der Waals surface area (Å²) in [5.41, 5.74) is 4.49. The summed E-state index contributed by atoms with van der Waals surface area (Å²) in [5.74, 6) is -1.10. The molecule has 0 unspecified atom stereocenters. The van der Waals surface area contributed by atoms with Gasteiger partial charge in [0.15, 0.2) is 0 Å². The molecule has 1 aliphatic heterocycles. The average molecular weight is 250 g/mol. The summed E-state index contributed by atoms with van der Waals surface area (Å²) in [4.78, 5) is 23.6. The summed E-state index contributed by atoms with van der Waals surface area (Å²) in [7, 11) is 0. The van der Waals surface area contributed by atoms with Crippen LogP contribution in [0.25, 0.3) is 16.8 Å². The number of carbonyl (C=O) groups is 2. The molecule has 2 aromatic rings. The molecule has 2 aliphatic rings. The molecule has 92 valence electrons. The number of hydrogen-bond donors (Lipinski definition) is 0. The number of rotatable bonds is 0. The zero-order valence-electron chi connectivity index (χ0n) is 10.3. The quantitative estimate of drug-likeness (QED) is 0.533. The van der Waals surface area contributed by atoms with Crippen molar-refractivity contribution in [1.29, 1.82) is 0 Å². The lowest BCUT2D eigenvalue weighted by molar-refractivity contribution is 0.0391. The van der Waals surface area contributed by atoms with Crippen LogP contribution in [0.1, 0.15) is 38.8 Å². The largest absolute Gasteiger partial charge is 0.386 e. The minimum Gasteiger partial charge on any atom is -0.386 e. The van der Waals surface area contributed by atoms with Crippen molar-refractivity contribution in [3.05, 3.63) is 52.1 Å². The Morgan fingerprint density at radius 2 is 1.63 bits per heavy atom. The second-order valence-corrected chi connectivity index (χ2v) is 5.07. The number of ether oxygens (including phenoxy) is 1. The van der Waals surface area contributed by atoms with Crippen molar-refractivity contribution in [2.45, 2.75) is 13.3 Å². The van der Waals surface area contributed by atoms with Gasteiger partial charge in [-0.25, -0.2) is 9.59 Å². The van der Waals surface area contributed by atoms with Crippen LogP contribution in [0.5, 0.6) is 0 Å². The Kier molecular flexibility index (Phi) is 1.83. The van der Waals surface area contributed by atoms with Gasteiger partial charge in [0, 0.05) is 5.39 Å². The van der Waals surface area contributed by atoms with Crippen LogP contribution < -0.4 is 0 Å². The number of allylic oxidation sites excluding steroid dienone is 1. The van der Waals surface area contributed by atoms with Crippen LogP contribution >= 0.6 is 0 Å². The number of cyclic esters (lactones) is 2. The van der Waals surface area contributed by atoms with Gasteiger partial charge in [-0.2, -0.15) is 0 Å². The topological polar surface area (TPSA) is 43.4 Å². The highest BCUT2D eigenvalue weighted by Crippen LogP contribution is 2.37. The highest BCUT2D eigenvalue weighted by molar-refractivity contribution is 6.22. The van der Waals surface area contributed by atoms with Crippen LogP contribution in [0.15, 0.2) is 29.8 Å². The highest BCUT2D eigenvalue weighted by Gasteiger charge is 2.29. The fourth-order valence-electron chi connectivity index (χ4n) is 3.01. The number of hydrogen-bond acceptors (Lipinski definition) is 3. The smallest absolute Gasteiger partial charge is 0.346 e. The van der Waals surface area contributed by atoms with E-state index in [-0.39, 0.29) is 0 Å². The van der Waals surface area contributed by atoms with Crippen LogP contribution in [-0.2, 0) is 11.2 Å². The van der Waals surface area contributed by atoms with Crippen LogP contribution in [0.3, 0.4) is 0 Å². The van der Waals surface area contributed by atoms with Crippen molar-refractivity contribution in [2.24, 2.45) is 0 Å². The molecular weight excluding hydrogens is 240 g/mol. The Morgan fingerprint density at radius 1 is 0.947 bits per heavy atom. The summed E-state index contributed by atoms with van der Waals surface area (Å²) in [6.07, 6.45) is 2.97. The summed E-state index contributed by atoms with van der Waals surface area (Å²) in [6, 6.07) is 7.39. The van der Waals surface area contributed by atoms with Gasteiger partial charge >= 0.3 is 11.9 Å². The van der Waals surface area contributed by atoms with Crippen molar-refractivity contribution in [3.63, 3.8) is 0 Å². The predicted octanol–water partition coefficient (Wildman–Crippen LogP) is 3.11. The minimum atomic E-state index is -0.549. The van der Waals surface area contributed by atoms with Gasteiger partial charge in [0.25, 0.3) is 0 Å². The standard InChI is InChI=1S/C16H10O3/c1-8-6-9-2-4-11-14-12(16(18)19-15(11)17)5-3-10(7-8)13(9)14/h2-6H,7H2,1H3. The maximum Gasteiger partial charge on any atom is 0.346 e. The second kappa shape index (κ2) is 3.32. The first-order valence-corrected chi connectivity index (χ1v) is 6.17. The summed E-state index contributed by atoms with van der Waals surface area (Å²) in [5, 5.41) is 1.77. The summed E-state index contributed by atoms with van der Waals surface area (Å²) in [6.45, 7) is 2.09. The monoisotopic (exact) mass is 250 g/mol. The van der Waals surface area contributed by atoms with E-state index in [2.05, 4.69) is 13.0 Å². The lowest BCUT2D eigenvalue weighted by atomic mass is 9.85. The van der Waals surface area contributed by atoms with Gasteiger partial charge in [-0.1, -0.05) is 23.8 Å². The third-order valence-corrected chi connectivity index (χ3v) is 3.78. The van der Waals surface area contributed by atoms with E-state index in [1.807, 2.05) is 12.1 Å². The van der Waals surface area contributed by atoms with Crippen LogP contribution in [0, 0.1) is 0 Å². The fourth-order valence-corrected chi connectivity index (χ4v) is 3.01. The average Bonchev–Trinajstić information content (AvgIpc) is 2.37. The Morgan fingerprint density at radius 3 is 2.37 bits per heavy atom. The molecule has 19 heavy (non-hydrogen) atoms. The Balaban J connectivity index is 2.25. The van der Waals surface area contributed by atoms with E-state index in [0.29, 0.717) is 11.1 Å². The molecule has 0 fully saturated rings. The molecule has 0 N–H and O–H groups in total. The van der Waals surface area contributed by atoms with Gasteiger partial charge in [0.05, 0.1) is 11.1 Å². The summed E-state index contributed by atoms with van der Waals surface area (Å²) < 4.78 is 4.76. The van der Waals surface area contributed by atoms with E-state index < -0.39 is 11.9 Å². The van der Waals surface area contributed by atoms with Crippen molar-refractivity contribution < 1.29 is 14.3 Å². The molecule has 0 saturated heterocycles. The van der Waals surface area contributed by atoms with E-state index in [1.165, 1.54) is 5.57 Å². The van der Waals surface area contributed by atoms with Gasteiger partial charge in [-0.3, -0.25) is 0 Å². The molecule has 2 aromatic carbocycles. The van der Waals surface area contributed by atoms with E-state index in [4.69, 9.17) is 4.74 Å². The van der Waals surface area contributed by atoms with E-state index >= 15 is 0 Å². The zero-order valence-corrected chi connectivity index (χ0v) is 10.3. The van der Waals surface area contributed by atoms with Gasteiger partial charge in [0.2, 0.25) is 0 Å². The predicted molar refractivity (Wildman–Crippen MR) is 71.0 cm³/mol. The first kappa shape index (κ1) is 10.5. The molecule has 4 rings (SSSR count). The number of esters is 2.